The van der Waals surface area contributed by atoms with E-state index < -0.39 is 10.0 Å². The van der Waals surface area contributed by atoms with Gasteiger partial charge < -0.3 is 10.1 Å². The van der Waals surface area contributed by atoms with Crippen LogP contribution in [0.15, 0.2) is 45.6 Å². The standard InChI is InChI=1S/C20H21N3O4S3/c1-27-16-8-5-13(11-18(16)30(25,26)23-9-3-4-10-23)19(24)21-14-6-7-15-17(12-14)29-20(22-15)28-2/h5-8,11-12H,3-4,9-10H2,1-2H3,(H,21,24). The molecule has 2 aromatic carbocycles. The van der Waals surface area contributed by atoms with Crippen molar-refractivity contribution in [2.24, 2.45) is 0 Å². The molecular formula is C20H21N3O4S3. The van der Waals surface area contributed by atoms with Gasteiger partial charge in [-0.15, -0.1) is 11.3 Å². The minimum atomic E-state index is -3.72. The number of thiazole rings is 1. The number of hydrogen-bond acceptors (Lipinski definition) is 7. The summed E-state index contributed by atoms with van der Waals surface area (Å²) in [5.74, 6) is -0.154. The number of rotatable bonds is 6. The summed E-state index contributed by atoms with van der Waals surface area (Å²) in [4.78, 5) is 17.3. The molecule has 7 nitrogen and oxygen atoms in total. The molecule has 2 heterocycles. The Hall–Kier alpha value is -2.14. The van der Waals surface area contributed by atoms with Crippen molar-refractivity contribution in [1.82, 2.24) is 9.29 Å². The van der Waals surface area contributed by atoms with E-state index in [-0.39, 0.29) is 22.1 Å². The second-order valence-electron chi connectivity index (χ2n) is 6.80. The Labute approximate surface area is 183 Å². The number of ether oxygens (including phenoxy) is 1. The number of carbonyl (C=O) groups is 1. The fraction of sp³-hybridized carbons (Fsp3) is 0.300. The lowest BCUT2D eigenvalue weighted by Crippen LogP contribution is -2.28. The summed E-state index contributed by atoms with van der Waals surface area (Å²) in [5.41, 5.74) is 1.76. The van der Waals surface area contributed by atoms with Gasteiger partial charge in [-0.25, -0.2) is 13.4 Å². The number of carbonyl (C=O) groups excluding carboxylic acids is 1. The Morgan fingerprint density at radius 3 is 2.67 bits per heavy atom. The van der Waals surface area contributed by atoms with Crippen molar-refractivity contribution in [3.63, 3.8) is 0 Å². The van der Waals surface area contributed by atoms with Gasteiger partial charge in [0.05, 0.1) is 17.3 Å². The maximum Gasteiger partial charge on any atom is 0.255 e. The average Bonchev–Trinajstić information content (AvgIpc) is 3.43. The van der Waals surface area contributed by atoms with Gasteiger partial charge in [-0.2, -0.15) is 4.31 Å². The molecule has 3 aromatic rings. The molecule has 1 aromatic heterocycles. The van der Waals surface area contributed by atoms with Crippen molar-refractivity contribution in [2.45, 2.75) is 22.1 Å². The van der Waals surface area contributed by atoms with Gasteiger partial charge in [-0.3, -0.25) is 4.79 Å². The van der Waals surface area contributed by atoms with Crippen LogP contribution in [0.1, 0.15) is 23.2 Å². The SMILES string of the molecule is COc1ccc(C(=O)Nc2ccc3nc(SC)sc3c2)cc1S(=O)(=O)N1CCCC1. The average molecular weight is 464 g/mol. The molecule has 1 aliphatic rings. The number of nitrogens with zero attached hydrogens (tertiary/aromatic N) is 2. The molecule has 0 atom stereocenters. The second kappa shape index (κ2) is 8.54. The quantitative estimate of drug-likeness (QED) is 0.555. The maximum atomic E-state index is 13.0. The van der Waals surface area contributed by atoms with E-state index in [2.05, 4.69) is 10.3 Å². The van der Waals surface area contributed by atoms with E-state index in [0.29, 0.717) is 18.8 Å². The van der Waals surface area contributed by atoms with Gasteiger partial charge in [-0.05, 0) is 55.5 Å². The van der Waals surface area contributed by atoms with Crippen molar-refractivity contribution in [3.8, 4) is 5.75 Å². The highest BCUT2D eigenvalue weighted by atomic mass is 32.2. The van der Waals surface area contributed by atoms with Gasteiger partial charge in [0.2, 0.25) is 10.0 Å². The van der Waals surface area contributed by atoms with Gasteiger partial charge >= 0.3 is 0 Å². The largest absolute Gasteiger partial charge is 0.495 e. The van der Waals surface area contributed by atoms with E-state index in [4.69, 9.17) is 4.74 Å². The fourth-order valence-corrected chi connectivity index (χ4v) is 6.59. The van der Waals surface area contributed by atoms with Crippen LogP contribution < -0.4 is 10.1 Å². The number of sulfonamides is 1. The molecule has 0 saturated carbocycles. The number of aromatic nitrogens is 1. The molecule has 0 unspecified atom stereocenters. The lowest BCUT2D eigenvalue weighted by Gasteiger charge is -2.18. The molecule has 158 valence electrons. The van der Waals surface area contributed by atoms with Gasteiger partial charge in [-0.1, -0.05) is 11.8 Å². The highest BCUT2D eigenvalue weighted by Crippen LogP contribution is 2.32. The topological polar surface area (TPSA) is 88.6 Å². The Morgan fingerprint density at radius 1 is 1.20 bits per heavy atom. The molecule has 1 N–H and O–H groups in total. The van der Waals surface area contributed by atoms with Crippen molar-refractivity contribution < 1.29 is 17.9 Å². The molecule has 1 fully saturated rings. The third-order valence-electron chi connectivity index (χ3n) is 4.91. The summed E-state index contributed by atoms with van der Waals surface area (Å²) in [6.45, 7) is 0.962. The number of nitrogens with one attached hydrogen (secondary N) is 1. The lowest BCUT2D eigenvalue weighted by atomic mass is 10.2. The van der Waals surface area contributed by atoms with Crippen molar-refractivity contribution >= 4 is 54.9 Å². The van der Waals surface area contributed by atoms with E-state index in [1.54, 1.807) is 35.2 Å². The Balaban J connectivity index is 1.62. The summed E-state index contributed by atoms with van der Waals surface area (Å²) in [6.07, 6.45) is 3.64. The summed E-state index contributed by atoms with van der Waals surface area (Å²) < 4.78 is 34.7. The van der Waals surface area contributed by atoms with E-state index in [9.17, 15) is 13.2 Å². The Bertz CT molecular complexity index is 1200. The van der Waals surface area contributed by atoms with Gasteiger partial charge in [0, 0.05) is 24.3 Å². The Morgan fingerprint density at radius 2 is 1.97 bits per heavy atom. The van der Waals surface area contributed by atoms with Gasteiger partial charge in [0.1, 0.15) is 10.6 Å². The van der Waals surface area contributed by atoms with Crippen LogP contribution in [0, 0.1) is 0 Å². The molecule has 0 radical (unpaired) electrons. The van der Waals surface area contributed by atoms with Gasteiger partial charge in [0.15, 0.2) is 4.34 Å². The number of anilines is 1. The molecule has 1 aliphatic heterocycles. The summed E-state index contributed by atoms with van der Waals surface area (Å²) in [7, 11) is -2.30. The first kappa shape index (κ1) is 21.1. The third-order valence-corrected chi connectivity index (χ3v) is 8.83. The van der Waals surface area contributed by atoms with Crippen LogP contribution in [-0.4, -0.2) is 50.1 Å². The summed E-state index contributed by atoms with van der Waals surface area (Å²) >= 11 is 3.13. The predicted octanol–water partition coefficient (Wildman–Crippen LogP) is 4.06. The smallest absolute Gasteiger partial charge is 0.255 e. The van der Waals surface area contributed by atoms with E-state index in [1.165, 1.54) is 23.5 Å². The molecule has 4 rings (SSSR count). The lowest BCUT2D eigenvalue weighted by molar-refractivity contribution is 0.102. The van der Waals surface area contributed by atoms with E-state index >= 15 is 0 Å². The first-order valence-corrected chi connectivity index (χ1v) is 12.8. The van der Waals surface area contributed by atoms with Crippen LogP contribution in [-0.2, 0) is 10.0 Å². The highest BCUT2D eigenvalue weighted by Gasteiger charge is 2.30. The number of hydrogen-bond donors (Lipinski definition) is 1. The monoisotopic (exact) mass is 463 g/mol. The number of methoxy groups -OCH3 is 1. The predicted molar refractivity (Wildman–Crippen MR) is 120 cm³/mol. The molecule has 0 spiro atoms. The zero-order valence-corrected chi connectivity index (χ0v) is 19.0. The van der Waals surface area contributed by atoms with Crippen molar-refractivity contribution in [1.29, 1.82) is 0 Å². The number of thioether (sulfide) groups is 1. The normalized spacial score (nSPS) is 14.9. The minimum absolute atomic E-state index is 0.0158. The zero-order chi connectivity index (χ0) is 21.3. The first-order chi connectivity index (χ1) is 14.4. The summed E-state index contributed by atoms with van der Waals surface area (Å²) in [5, 5.41) is 2.85. The number of amides is 1. The van der Waals surface area contributed by atoms with Crippen LogP contribution in [0.25, 0.3) is 10.2 Å². The summed E-state index contributed by atoms with van der Waals surface area (Å²) in [6, 6.07) is 9.99. The van der Waals surface area contributed by atoms with Crippen molar-refractivity contribution in [2.75, 3.05) is 31.8 Å². The van der Waals surface area contributed by atoms with Crippen molar-refractivity contribution in [3.05, 3.63) is 42.0 Å². The zero-order valence-electron chi connectivity index (χ0n) is 16.5. The van der Waals surface area contributed by atoms with Crippen LogP contribution >= 0.6 is 23.1 Å². The molecule has 0 bridgehead atoms. The van der Waals surface area contributed by atoms with Gasteiger partial charge in [0.25, 0.3) is 5.91 Å². The first-order valence-electron chi connectivity index (χ1n) is 9.36. The second-order valence-corrected chi connectivity index (χ2v) is 10.8. The van der Waals surface area contributed by atoms with E-state index in [1.807, 2.05) is 18.4 Å². The third kappa shape index (κ3) is 4.04. The fourth-order valence-electron chi connectivity index (χ4n) is 3.36. The molecule has 1 saturated heterocycles. The van der Waals surface area contributed by atoms with Crippen LogP contribution in [0.2, 0.25) is 0 Å². The maximum absolute atomic E-state index is 13.0. The molecule has 1 amide bonds. The molecule has 10 heteroatoms. The molecule has 30 heavy (non-hydrogen) atoms. The molecule has 0 aliphatic carbocycles. The number of benzene rings is 2. The van der Waals surface area contributed by atoms with Crippen LogP contribution in [0.5, 0.6) is 5.75 Å². The number of fused-ring (bicyclic) bond motifs is 1. The van der Waals surface area contributed by atoms with Crippen LogP contribution in [0.4, 0.5) is 5.69 Å². The Kier molecular flexibility index (Phi) is 6.01. The highest BCUT2D eigenvalue weighted by molar-refractivity contribution is 8.00. The molecular weight excluding hydrogens is 442 g/mol. The van der Waals surface area contributed by atoms with E-state index in [0.717, 1.165) is 27.4 Å². The minimum Gasteiger partial charge on any atom is -0.495 e. The van der Waals surface area contributed by atoms with Crippen LogP contribution in [0.3, 0.4) is 0 Å².